The molecule has 5 atom stereocenters. The van der Waals surface area contributed by atoms with E-state index in [0.29, 0.717) is 0 Å². The molecule has 0 aromatic heterocycles. The van der Waals surface area contributed by atoms with Crippen molar-refractivity contribution in [3.05, 3.63) is 10.4 Å². The summed E-state index contributed by atoms with van der Waals surface area (Å²) in [6, 6.07) is -1.34. The predicted octanol–water partition coefficient (Wildman–Crippen LogP) is -0.504. The standard InChI is InChI=1S/C16H22N4O10/c1-7(21)26-6-11-14(27-8(2)22)15(28-9(3)23)13(16(30-11)29-10(4)24)19-12(25)5-18-20-17/h11,13-16H,5-6H2,1-4H3,(H,19,25)/t11?,13-,14-,15?,16-/m1/s1. The average Bonchev–Trinajstić information content (AvgIpc) is 2.62. The van der Waals surface area contributed by atoms with E-state index in [-0.39, 0.29) is 0 Å². The van der Waals surface area contributed by atoms with Crippen molar-refractivity contribution in [2.75, 3.05) is 13.2 Å². The van der Waals surface area contributed by atoms with Crippen LogP contribution in [0.4, 0.5) is 0 Å². The lowest BCUT2D eigenvalue weighted by Crippen LogP contribution is -2.67. The molecule has 0 spiro atoms. The zero-order chi connectivity index (χ0) is 22.8. The Labute approximate surface area is 170 Å². The van der Waals surface area contributed by atoms with Crippen LogP contribution in [0.3, 0.4) is 0 Å². The van der Waals surface area contributed by atoms with Gasteiger partial charge in [0.25, 0.3) is 0 Å². The van der Waals surface area contributed by atoms with Gasteiger partial charge in [0.05, 0.1) is 0 Å². The summed E-state index contributed by atoms with van der Waals surface area (Å²) in [5.41, 5.74) is 8.36. The maximum absolute atomic E-state index is 12.1. The van der Waals surface area contributed by atoms with E-state index in [1.165, 1.54) is 0 Å². The molecule has 0 aliphatic carbocycles. The molecular formula is C16H22N4O10. The quantitative estimate of drug-likeness (QED) is 0.172. The Morgan fingerprint density at radius 1 is 0.933 bits per heavy atom. The molecular weight excluding hydrogens is 408 g/mol. The van der Waals surface area contributed by atoms with Crippen molar-refractivity contribution in [1.82, 2.24) is 5.32 Å². The number of nitrogens with zero attached hydrogens (tertiary/aromatic N) is 3. The van der Waals surface area contributed by atoms with Crippen molar-refractivity contribution in [2.24, 2.45) is 5.11 Å². The Morgan fingerprint density at radius 3 is 2.00 bits per heavy atom. The monoisotopic (exact) mass is 430 g/mol. The first-order valence-corrected chi connectivity index (χ1v) is 8.65. The summed E-state index contributed by atoms with van der Waals surface area (Å²) < 4.78 is 25.9. The van der Waals surface area contributed by atoms with E-state index in [1.807, 2.05) is 0 Å². The van der Waals surface area contributed by atoms with Crippen molar-refractivity contribution < 1.29 is 47.7 Å². The number of azide groups is 1. The van der Waals surface area contributed by atoms with E-state index < -0.39 is 73.6 Å². The zero-order valence-electron chi connectivity index (χ0n) is 16.7. The van der Waals surface area contributed by atoms with E-state index in [0.717, 1.165) is 27.7 Å². The number of carbonyl (C=O) groups is 5. The highest BCUT2D eigenvalue weighted by Gasteiger charge is 2.52. The van der Waals surface area contributed by atoms with Gasteiger partial charge in [-0.1, -0.05) is 5.11 Å². The van der Waals surface area contributed by atoms with Crippen LogP contribution in [0.2, 0.25) is 0 Å². The highest BCUT2D eigenvalue weighted by atomic mass is 16.7. The highest BCUT2D eigenvalue weighted by molar-refractivity contribution is 5.79. The predicted molar refractivity (Wildman–Crippen MR) is 94.1 cm³/mol. The first kappa shape index (κ1) is 24.7. The van der Waals surface area contributed by atoms with Crippen LogP contribution in [-0.4, -0.2) is 73.6 Å². The molecule has 1 N–H and O–H groups in total. The molecule has 1 aliphatic heterocycles. The molecule has 1 rings (SSSR count). The van der Waals surface area contributed by atoms with Gasteiger partial charge in [0, 0.05) is 32.6 Å². The first-order chi connectivity index (χ1) is 14.0. The minimum absolute atomic E-state index is 0.428. The molecule has 0 bridgehead atoms. The fourth-order valence-corrected chi connectivity index (χ4v) is 2.65. The van der Waals surface area contributed by atoms with Crippen LogP contribution in [0.15, 0.2) is 5.11 Å². The Bertz CT molecular complexity index is 736. The third-order valence-electron chi connectivity index (χ3n) is 3.59. The molecule has 0 aromatic carbocycles. The summed E-state index contributed by atoms with van der Waals surface area (Å²) in [5, 5.41) is 5.48. The second-order valence-corrected chi connectivity index (χ2v) is 6.09. The molecule has 1 amide bonds. The Kier molecular flexibility index (Phi) is 9.52. The number of nitrogens with one attached hydrogen (secondary N) is 1. The van der Waals surface area contributed by atoms with Gasteiger partial charge >= 0.3 is 23.9 Å². The van der Waals surface area contributed by atoms with Gasteiger partial charge < -0.3 is 29.0 Å². The third-order valence-corrected chi connectivity index (χ3v) is 3.59. The van der Waals surface area contributed by atoms with E-state index >= 15 is 0 Å². The molecule has 0 saturated carbocycles. The number of carbonyl (C=O) groups excluding carboxylic acids is 5. The number of esters is 4. The summed E-state index contributed by atoms with van der Waals surface area (Å²) >= 11 is 0. The molecule has 166 valence electrons. The number of amides is 1. The summed E-state index contributed by atoms with van der Waals surface area (Å²) in [7, 11) is 0. The lowest BCUT2D eigenvalue weighted by atomic mass is 9.96. The van der Waals surface area contributed by atoms with Gasteiger partial charge in [-0.05, 0) is 5.53 Å². The van der Waals surface area contributed by atoms with Crippen LogP contribution in [0, 0.1) is 0 Å². The Morgan fingerprint density at radius 2 is 1.50 bits per heavy atom. The lowest BCUT2D eigenvalue weighted by molar-refractivity contribution is -0.271. The van der Waals surface area contributed by atoms with Crippen LogP contribution >= 0.6 is 0 Å². The van der Waals surface area contributed by atoms with E-state index in [4.69, 9.17) is 29.2 Å². The SMILES string of the molecule is CC(=O)OCC1O[C@@H](OC(C)=O)[C@H](NC(=O)CN=[N+]=[N-])C(OC(C)=O)[C@@H]1OC(C)=O. The minimum Gasteiger partial charge on any atom is -0.463 e. The molecule has 0 radical (unpaired) electrons. The molecule has 0 aromatic rings. The fourth-order valence-electron chi connectivity index (χ4n) is 2.65. The van der Waals surface area contributed by atoms with Crippen LogP contribution in [-0.2, 0) is 47.7 Å². The van der Waals surface area contributed by atoms with Crippen molar-refractivity contribution in [1.29, 1.82) is 0 Å². The maximum atomic E-state index is 12.1. The average molecular weight is 430 g/mol. The second kappa shape index (κ2) is 11.6. The number of ether oxygens (including phenoxy) is 5. The van der Waals surface area contributed by atoms with Crippen LogP contribution in [0.1, 0.15) is 27.7 Å². The van der Waals surface area contributed by atoms with Crippen LogP contribution in [0.25, 0.3) is 10.4 Å². The van der Waals surface area contributed by atoms with Gasteiger partial charge in [-0.25, -0.2) is 0 Å². The lowest BCUT2D eigenvalue weighted by Gasteiger charge is -2.44. The van der Waals surface area contributed by atoms with Crippen LogP contribution < -0.4 is 5.32 Å². The van der Waals surface area contributed by atoms with Gasteiger partial charge in [0.1, 0.15) is 25.3 Å². The van der Waals surface area contributed by atoms with Gasteiger partial charge in [-0.3, -0.25) is 24.0 Å². The Balaban J connectivity index is 3.33. The third kappa shape index (κ3) is 7.93. The molecule has 14 nitrogen and oxygen atoms in total. The van der Waals surface area contributed by atoms with E-state index in [1.54, 1.807) is 0 Å². The number of hydrogen-bond donors (Lipinski definition) is 1. The molecule has 30 heavy (non-hydrogen) atoms. The van der Waals surface area contributed by atoms with Crippen LogP contribution in [0.5, 0.6) is 0 Å². The Hall–Kier alpha value is -3.38. The molecule has 1 aliphatic rings. The summed E-state index contributed by atoms with van der Waals surface area (Å²) in [6.45, 7) is 3.32. The van der Waals surface area contributed by atoms with Crippen molar-refractivity contribution in [3.8, 4) is 0 Å². The normalized spacial score (nSPS) is 25.1. The molecule has 1 fully saturated rings. The van der Waals surface area contributed by atoms with Crippen molar-refractivity contribution in [2.45, 2.75) is 58.3 Å². The van der Waals surface area contributed by atoms with E-state index in [2.05, 4.69) is 15.3 Å². The number of hydrogen-bond acceptors (Lipinski definition) is 11. The topological polar surface area (TPSA) is 192 Å². The summed E-state index contributed by atoms with van der Waals surface area (Å²) in [5.74, 6) is -3.86. The van der Waals surface area contributed by atoms with Crippen molar-refractivity contribution >= 4 is 29.8 Å². The summed E-state index contributed by atoms with van der Waals surface area (Å²) in [4.78, 5) is 60.5. The fraction of sp³-hybridized carbons (Fsp3) is 0.688. The van der Waals surface area contributed by atoms with Gasteiger partial charge in [-0.2, -0.15) is 0 Å². The molecule has 14 heteroatoms. The molecule has 2 unspecified atom stereocenters. The van der Waals surface area contributed by atoms with E-state index in [9.17, 15) is 24.0 Å². The summed E-state index contributed by atoms with van der Waals surface area (Å²) in [6.07, 6.45) is -5.42. The second-order valence-electron chi connectivity index (χ2n) is 6.09. The number of rotatable bonds is 8. The van der Waals surface area contributed by atoms with Gasteiger partial charge in [-0.15, -0.1) is 0 Å². The highest BCUT2D eigenvalue weighted by Crippen LogP contribution is 2.28. The smallest absolute Gasteiger partial charge is 0.305 e. The van der Waals surface area contributed by atoms with Crippen molar-refractivity contribution in [3.63, 3.8) is 0 Å². The van der Waals surface area contributed by atoms with Gasteiger partial charge in [0.2, 0.25) is 12.2 Å². The first-order valence-electron chi connectivity index (χ1n) is 8.65. The molecule has 1 saturated heterocycles. The zero-order valence-corrected chi connectivity index (χ0v) is 16.7. The maximum Gasteiger partial charge on any atom is 0.305 e. The minimum atomic E-state index is -1.51. The van der Waals surface area contributed by atoms with Gasteiger partial charge in [0.15, 0.2) is 12.2 Å². The largest absolute Gasteiger partial charge is 0.463 e. The molecule has 1 heterocycles.